The fourth-order valence-electron chi connectivity index (χ4n) is 0.743. The summed E-state index contributed by atoms with van der Waals surface area (Å²) in [7, 11) is 0. The van der Waals surface area contributed by atoms with E-state index < -0.39 is 0 Å². The van der Waals surface area contributed by atoms with Gasteiger partial charge >= 0.3 is 0 Å². The van der Waals surface area contributed by atoms with Gasteiger partial charge in [-0.05, 0) is 18.4 Å². The van der Waals surface area contributed by atoms with Crippen LogP contribution in [0.2, 0.25) is 0 Å². The zero-order chi connectivity index (χ0) is 7.82. The molecule has 1 aliphatic heterocycles. The van der Waals surface area contributed by atoms with Gasteiger partial charge in [-0.2, -0.15) is 0 Å². The number of halogens is 1. The van der Waals surface area contributed by atoms with E-state index in [2.05, 4.69) is 0 Å². The molecule has 0 saturated carbocycles. The minimum absolute atomic E-state index is 0.690. The maximum Gasteiger partial charge on any atom is 0.0860 e. The molecule has 1 saturated heterocycles. The highest BCUT2D eigenvalue weighted by molar-refractivity contribution is 4.98. The van der Waals surface area contributed by atoms with Crippen LogP contribution in [-0.4, -0.2) is 13.2 Å². The molecule has 0 aliphatic carbocycles. The molecule has 0 bridgehead atoms. The van der Waals surface area contributed by atoms with Crippen molar-refractivity contribution in [1.82, 2.24) is 0 Å². The van der Waals surface area contributed by atoms with Crippen molar-refractivity contribution in [1.29, 1.82) is 0 Å². The second-order valence-electron chi connectivity index (χ2n) is 1.88. The molecule has 1 nitrogen and oxygen atoms in total. The van der Waals surface area contributed by atoms with E-state index in [0.717, 1.165) is 18.4 Å². The molecular formula is C8H15FO. The van der Waals surface area contributed by atoms with Crippen LogP contribution in [-0.2, 0) is 4.74 Å². The molecule has 1 aliphatic rings. The van der Waals surface area contributed by atoms with E-state index in [1.807, 2.05) is 13.8 Å². The third-order valence-corrected chi connectivity index (χ3v) is 1.29. The first-order valence-corrected chi connectivity index (χ1v) is 3.79. The van der Waals surface area contributed by atoms with Crippen molar-refractivity contribution in [2.75, 3.05) is 13.2 Å². The maximum absolute atomic E-state index is 11.7. The minimum Gasteiger partial charge on any atom is -0.381 e. The van der Waals surface area contributed by atoms with E-state index in [1.54, 1.807) is 0 Å². The van der Waals surface area contributed by atoms with Crippen molar-refractivity contribution in [2.45, 2.75) is 26.7 Å². The van der Waals surface area contributed by atoms with Gasteiger partial charge in [0.15, 0.2) is 0 Å². The lowest BCUT2D eigenvalue weighted by atomic mass is 10.1. The van der Waals surface area contributed by atoms with Crippen LogP contribution in [0.4, 0.5) is 4.39 Å². The lowest BCUT2D eigenvalue weighted by Gasteiger charge is -2.11. The molecule has 0 atom stereocenters. The summed E-state index contributed by atoms with van der Waals surface area (Å²) in [5, 5.41) is 0. The average molecular weight is 146 g/mol. The highest BCUT2D eigenvalue weighted by Crippen LogP contribution is 2.12. The first kappa shape index (κ1) is 9.63. The van der Waals surface area contributed by atoms with Crippen LogP contribution in [0.5, 0.6) is 0 Å². The summed E-state index contributed by atoms with van der Waals surface area (Å²) < 4.78 is 16.7. The monoisotopic (exact) mass is 146 g/mol. The molecule has 0 aromatic rings. The van der Waals surface area contributed by atoms with E-state index in [4.69, 9.17) is 4.74 Å². The Balaban J connectivity index is 0.000000371. The molecule has 0 unspecified atom stereocenters. The normalized spacial score (nSPS) is 17.3. The maximum atomic E-state index is 11.7. The quantitative estimate of drug-likeness (QED) is 0.510. The summed E-state index contributed by atoms with van der Waals surface area (Å²) >= 11 is 0. The lowest BCUT2D eigenvalue weighted by Crippen LogP contribution is -2.06. The van der Waals surface area contributed by atoms with Crippen molar-refractivity contribution in [2.24, 2.45) is 0 Å². The van der Waals surface area contributed by atoms with Crippen molar-refractivity contribution >= 4 is 0 Å². The van der Waals surface area contributed by atoms with Crippen LogP contribution in [0.1, 0.15) is 26.7 Å². The summed E-state index contributed by atoms with van der Waals surface area (Å²) in [4.78, 5) is 0. The molecule has 60 valence electrons. The van der Waals surface area contributed by atoms with Crippen LogP contribution in [0.15, 0.2) is 11.9 Å². The fourth-order valence-corrected chi connectivity index (χ4v) is 0.743. The molecule has 2 heteroatoms. The Bertz CT molecular complexity index is 91.4. The molecule has 0 N–H and O–H groups in total. The molecule has 0 amide bonds. The van der Waals surface area contributed by atoms with Gasteiger partial charge in [-0.1, -0.05) is 13.8 Å². The SMILES string of the molecule is CC.FC=C1CCOCC1. The van der Waals surface area contributed by atoms with Gasteiger partial charge in [-0.15, -0.1) is 0 Å². The highest BCUT2D eigenvalue weighted by Gasteiger charge is 2.03. The van der Waals surface area contributed by atoms with Gasteiger partial charge in [-0.25, -0.2) is 4.39 Å². The lowest BCUT2D eigenvalue weighted by molar-refractivity contribution is 0.118. The third kappa shape index (κ3) is 3.62. The predicted molar refractivity (Wildman–Crippen MR) is 40.6 cm³/mol. The Morgan fingerprint density at radius 3 is 2.10 bits per heavy atom. The number of hydrogen-bond acceptors (Lipinski definition) is 1. The second-order valence-corrected chi connectivity index (χ2v) is 1.88. The van der Waals surface area contributed by atoms with E-state index in [1.165, 1.54) is 0 Å². The standard InChI is InChI=1S/C6H9FO.C2H6/c7-5-6-1-3-8-4-2-6;1-2/h5H,1-4H2;1-2H3. The van der Waals surface area contributed by atoms with Gasteiger partial charge in [0.2, 0.25) is 0 Å². The molecule has 10 heavy (non-hydrogen) atoms. The highest BCUT2D eigenvalue weighted by atomic mass is 19.1. The topological polar surface area (TPSA) is 9.23 Å². The Hall–Kier alpha value is -0.370. The van der Waals surface area contributed by atoms with Crippen molar-refractivity contribution in [3.8, 4) is 0 Å². The van der Waals surface area contributed by atoms with Crippen LogP contribution >= 0.6 is 0 Å². The van der Waals surface area contributed by atoms with Gasteiger partial charge in [0.1, 0.15) is 0 Å². The third-order valence-electron chi connectivity index (χ3n) is 1.29. The zero-order valence-electron chi connectivity index (χ0n) is 6.69. The van der Waals surface area contributed by atoms with E-state index >= 15 is 0 Å². The van der Waals surface area contributed by atoms with Gasteiger partial charge in [0.25, 0.3) is 0 Å². The van der Waals surface area contributed by atoms with E-state index in [9.17, 15) is 4.39 Å². The molecule has 0 spiro atoms. The van der Waals surface area contributed by atoms with Gasteiger partial charge in [-0.3, -0.25) is 0 Å². The van der Waals surface area contributed by atoms with Crippen LogP contribution in [0.25, 0.3) is 0 Å². The Kier molecular flexibility index (Phi) is 6.50. The van der Waals surface area contributed by atoms with E-state index in [-0.39, 0.29) is 0 Å². The molecule has 0 aromatic carbocycles. The number of hydrogen-bond donors (Lipinski definition) is 0. The van der Waals surface area contributed by atoms with Crippen LogP contribution < -0.4 is 0 Å². The second kappa shape index (κ2) is 6.75. The van der Waals surface area contributed by atoms with Crippen LogP contribution in [0, 0.1) is 0 Å². The molecule has 1 heterocycles. The summed E-state index contributed by atoms with van der Waals surface area (Å²) in [5.41, 5.74) is 0.885. The summed E-state index contributed by atoms with van der Waals surface area (Å²) in [6.07, 6.45) is 2.25. The van der Waals surface area contributed by atoms with Crippen molar-refractivity contribution < 1.29 is 9.13 Å². The molecule has 1 fully saturated rings. The Morgan fingerprint density at radius 2 is 1.80 bits per heavy atom. The summed E-state index contributed by atoms with van der Waals surface area (Å²) in [6, 6.07) is 0. The van der Waals surface area contributed by atoms with Gasteiger partial charge < -0.3 is 4.74 Å². The summed E-state index contributed by atoms with van der Waals surface area (Å²) in [6.45, 7) is 5.38. The molecular weight excluding hydrogens is 131 g/mol. The fraction of sp³-hybridized carbons (Fsp3) is 0.750. The molecule has 0 radical (unpaired) electrons. The van der Waals surface area contributed by atoms with Gasteiger partial charge in [0, 0.05) is 0 Å². The zero-order valence-corrected chi connectivity index (χ0v) is 6.69. The number of rotatable bonds is 0. The Labute approximate surface area is 61.9 Å². The minimum atomic E-state index is 0.690. The van der Waals surface area contributed by atoms with Gasteiger partial charge in [0.05, 0.1) is 19.5 Å². The first-order valence-electron chi connectivity index (χ1n) is 3.79. The van der Waals surface area contributed by atoms with Crippen molar-refractivity contribution in [3.63, 3.8) is 0 Å². The first-order chi connectivity index (χ1) is 4.93. The smallest absolute Gasteiger partial charge is 0.0860 e. The molecule has 0 aromatic heterocycles. The predicted octanol–water partition coefficient (Wildman–Crippen LogP) is 2.68. The average Bonchev–Trinajstić information content (AvgIpc) is 2.10. The van der Waals surface area contributed by atoms with Crippen molar-refractivity contribution in [3.05, 3.63) is 11.9 Å². The molecule has 1 rings (SSSR count). The van der Waals surface area contributed by atoms with E-state index in [0.29, 0.717) is 19.5 Å². The largest absolute Gasteiger partial charge is 0.381 e. The number of ether oxygens (including phenoxy) is 1. The van der Waals surface area contributed by atoms with Crippen LogP contribution in [0.3, 0.4) is 0 Å². The Morgan fingerprint density at radius 1 is 1.30 bits per heavy atom. The summed E-state index contributed by atoms with van der Waals surface area (Å²) in [5.74, 6) is 0.